The summed E-state index contributed by atoms with van der Waals surface area (Å²) >= 11 is 0. The van der Waals surface area contributed by atoms with Crippen molar-refractivity contribution in [2.45, 2.75) is 45.3 Å². The Morgan fingerprint density at radius 1 is 1.45 bits per heavy atom. The third kappa shape index (κ3) is 4.11. The Kier molecular flexibility index (Phi) is 5.64. The Hall–Kier alpha value is -1.79. The van der Waals surface area contributed by atoms with Crippen LogP contribution >= 0.6 is 0 Å². The van der Waals surface area contributed by atoms with Crippen LogP contribution in [0.2, 0.25) is 0 Å². The number of rotatable bonds is 4. The second-order valence-electron chi connectivity index (χ2n) is 5.00. The number of benzene rings is 1. The van der Waals surface area contributed by atoms with Crippen LogP contribution in [-0.2, 0) is 4.74 Å². The highest BCUT2D eigenvalue weighted by Gasteiger charge is 2.14. The summed E-state index contributed by atoms with van der Waals surface area (Å²) in [5, 5.41) is 10.9. The lowest BCUT2D eigenvalue weighted by atomic mass is 10.1. The average molecular weight is 270 g/mol. The quantitative estimate of drug-likeness (QED) is 0.646. The second kappa shape index (κ2) is 7.72. The van der Waals surface area contributed by atoms with Crippen molar-refractivity contribution in [3.05, 3.63) is 29.3 Å². The molecule has 1 fully saturated rings. The van der Waals surface area contributed by atoms with E-state index < -0.39 is 0 Å². The van der Waals surface area contributed by atoms with Crippen molar-refractivity contribution in [2.24, 2.45) is 0 Å². The molecular formula is C17H22N2O. The second-order valence-corrected chi connectivity index (χ2v) is 5.00. The zero-order chi connectivity index (χ0) is 14.2. The van der Waals surface area contributed by atoms with E-state index in [1.54, 1.807) is 0 Å². The average Bonchev–Trinajstić information content (AvgIpc) is 2.50. The SMILES string of the molecule is CCCC#Cc1ccc(NC2CCCCO2)c(C=N)c1. The molecule has 20 heavy (non-hydrogen) atoms. The summed E-state index contributed by atoms with van der Waals surface area (Å²) in [4.78, 5) is 0. The first-order valence-electron chi connectivity index (χ1n) is 7.35. The first-order valence-corrected chi connectivity index (χ1v) is 7.35. The van der Waals surface area contributed by atoms with Gasteiger partial charge >= 0.3 is 0 Å². The maximum Gasteiger partial charge on any atom is 0.127 e. The molecule has 0 aliphatic carbocycles. The molecule has 1 unspecified atom stereocenters. The molecular weight excluding hydrogens is 248 g/mol. The summed E-state index contributed by atoms with van der Waals surface area (Å²) in [5.74, 6) is 6.27. The minimum absolute atomic E-state index is 0.0690. The predicted octanol–water partition coefficient (Wildman–Crippen LogP) is 3.77. The molecule has 2 rings (SSSR count). The predicted molar refractivity (Wildman–Crippen MR) is 83.3 cm³/mol. The van der Waals surface area contributed by atoms with E-state index in [9.17, 15) is 0 Å². The van der Waals surface area contributed by atoms with Crippen LogP contribution in [0.15, 0.2) is 18.2 Å². The van der Waals surface area contributed by atoms with Gasteiger partial charge in [0.2, 0.25) is 0 Å². The van der Waals surface area contributed by atoms with E-state index in [4.69, 9.17) is 10.1 Å². The van der Waals surface area contributed by atoms with Crippen LogP contribution in [0.4, 0.5) is 5.69 Å². The molecule has 0 aromatic heterocycles. The van der Waals surface area contributed by atoms with E-state index in [0.717, 1.165) is 49.1 Å². The lowest BCUT2D eigenvalue weighted by Gasteiger charge is -2.25. The molecule has 1 saturated heterocycles. The third-order valence-electron chi connectivity index (χ3n) is 3.31. The van der Waals surface area contributed by atoms with Gasteiger partial charge in [-0.1, -0.05) is 18.8 Å². The highest BCUT2D eigenvalue weighted by molar-refractivity contribution is 5.86. The summed E-state index contributed by atoms with van der Waals surface area (Å²) in [6.07, 6.45) is 6.78. The van der Waals surface area contributed by atoms with Gasteiger partial charge in [-0.25, -0.2) is 0 Å². The number of anilines is 1. The molecule has 1 atom stereocenters. The lowest BCUT2D eigenvalue weighted by Crippen LogP contribution is -2.27. The van der Waals surface area contributed by atoms with Crippen molar-refractivity contribution < 1.29 is 4.74 Å². The maximum absolute atomic E-state index is 7.56. The van der Waals surface area contributed by atoms with Gasteiger partial charge in [-0.05, 0) is 43.9 Å². The minimum Gasteiger partial charge on any atom is -0.360 e. The fourth-order valence-electron chi connectivity index (χ4n) is 2.21. The number of nitrogens with one attached hydrogen (secondary N) is 2. The molecule has 0 amide bonds. The molecule has 1 aromatic carbocycles. The van der Waals surface area contributed by atoms with Gasteiger partial charge in [0.25, 0.3) is 0 Å². The van der Waals surface area contributed by atoms with Gasteiger partial charge in [0.1, 0.15) is 6.23 Å². The molecule has 0 spiro atoms. The fourth-order valence-corrected chi connectivity index (χ4v) is 2.21. The van der Waals surface area contributed by atoms with Crippen molar-refractivity contribution in [3.63, 3.8) is 0 Å². The van der Waals surface area contributed by atoms with Crippen LogP contribution < -0.4 is 5.32 Å². The number of hydrogen-bond acceptors (Lipinski definition) is 3. The summed E-state index contributed by atoms with van der Waals surface area (Å²) < 4.78 is 5.68. The van der Waals surface area contributed by atoms with E-state index >= 15 is 0 Å². The highest BCUT2D eigenvalue weighted by Crippen LogP contribution is 2.20. The van der Waals surface area contributed by atoms with Crippen LogP contribution in [-0.4, -0.2) is 19.0 Å². The van der Waals surface area contributed by atoms with Gasteiger partial charge in [-0.2, -0.15) is 0 Å². The molecule has 1 aliphatic heterocycles. The Bertz CT molecular complexity index is 507. The van der Waals surface area contributed by atoms with E-state index in [1.165, 1.54) is 12.6 Å². The molecule has 0 bridgehead atoms. The van der Waals surface area contributed by atoms with Gasteiger partial charge in [0.05, 0.1) is 0 Å². The van der Waals surface area contributed by atoms with Crippen LogP contribution in [0.5, 0.6) is 0 Å². The molecule has 0 radical (unpaired) electrons. The van der Waals surface area contributed by atoms with E-state index in [2.05, 4.69) is 24.1 Å². The molecule has 2 N–H and O–H groups in total. The van der Waals surface area contributed by atoms with Crippen molar-refractivity contribution in [1.29, 1.82) is 5.41 Å². The van der Waals surface area contributed by atoms with Crippen molar-refractivity contribution in [2.75, 3.05) is 11.9 Å². The van der Waals surface area contributed by atoms with Gasteiger partial charge in [-0.3, -0.25) is 0 Å². The molecule has 1 aromatic rings. The van der Waals surface area contributed by atoms with Gasteiger partial charge in [0, 0.05) is 36.1 Å². The largest absolute Gasteiger partial charge is 0.360 e. The fraction of sp³-hybridized carbons (Fsp3) is 0.471. The standard InChI is InChI=1S/C17H22N2O/c1-2-3-4-7-14-9-10-16(15(12-14)13-18)19-17-8-5-6-11-20-17/h9-10,12-13,17-19H,2-3,5-6,8,11H2,1H3. The Morgan fingerprint density at radius 3 is 3.05 bits per heavy atom. The number of unbranched alkanes of at least 4 members (excludes halogenated alkanes) is 1. The topological polar surface area (TPSA) is 45.1 Å². The molecule has 106 valence electrons. The smallest absolute Gasteiger partial charge is 0.127 e. The Labute approximate surface area is 121 Å². The van der Waals surface area contributed by atoms with E-state index in [1.807, 2.05) is 18.2 Å². The van der Waals surface area contributed by atoms with Gasteiger partial charge in [-0.15, -0.1) is 0 Å². The van der Waals surface area contributed by atoms with Gasteiger partial charge in [0.15, 0.2) is 0 Å². The summed E-state index contributed by atoms with van der Waals surface area (Å²) in [7, 11) is 0. The zero-order valence-electron chi connectivity index (χ0n) is 12.0. The van der Waals surface area contributed by atoms with Crippen molar-refractivity contribution in [3.8, 4) is 11.8 Å². The molecule has 3 nitrogen and oxygen atoms in total. The molecule has 0 saturated carbocycles. The van der Waals surface area contributed by atoms with Crippen molar-refractivity contribution in [1.82, 2.24) is 0 Å². The summed E-state index contributed by atoms with van der Waals surface area (Å²) in [5.41, 5.74) is 2.78. The van der Waals surface area contributed by atoms with Crippen LogP contribution in [0.3, 0.4) is 0 Å². The van der Waals surface area contributed by atoms with Crippen LogP contribution in [0.25, 0.3) is 0 Å². The molecule has 1 aliphatic rings. The third-order valence-corrected chi connectivity index (χ3v) is 3.31. The summed E-state index contributed by atoms with van der Waals surface area (Å²) in [6, 6.07) is 5.95. The first-order chi connectivity index (χ1) is 9.83. The van der Waals surface area contributed by atoms with E-state index in [0.29, 0.717) is 0 Å². The summed E-state index contributed by atoms with van der Waals surface area (Å²) in [6.45, 7) is 2.94. The lowest BCUT2D eigenvalue weighted by molar-refractivity contribution is 0.0343. The zero-order valence-corrected chi connectivity index (χ0v) is 12.0. The van der Waals surface area contributed by atoms with Crippen LogP contribution in [0, 0.1) is 17.3 Å². The van der Waals surface area contributed by atoms with Gasteiger partial charge < -0.3 is 15.5 Å². The van der Waals surface area contributed by atoms with Crippen molar-refractivity contribution >= 4 is 11.9 Å². The molecule has 3 heteroatoms. The number of ether oxygens (including phenoxy) is 1. The Morgan fingerprint density at radius 2 is 2.35 bits per heavy atom. The minimum atomic E-state index is 0.0690. The number of hydrogen-bond donors (Lipinski definition) is 2. The first kappa shape index (κ1) is 14.6. The van der Waals surface area contributed by atoms with E-state index in [-0.39, 0.29) is 6.23 Å². The monoisotopic (exact) mass is 270 g/mol. The highest BCUT2D eigenvalue weighted by atomic mass is 16.5. The normalized spacial score (nSPS) is 17.9. The molecule has 1 heterocycles. The Balaban J connectivity index is 2.09. The maximum atomic E-state index is 7.56. The van der Waals surface area contributed by atoms with Crippen LogP contribution in [0.1, 0.15) is 50.2 Å².